The summed E-state index contributed by atoms with van der Waals surface area (Å²) in [5, 5.41) is 12.6. The summed E-state index contributed by atoms with van der Waals surface area (Å²) in [4.78, 5) is 12.8. The molecular weight excluding hydrogens is 366 g/mol. The molecule has 0 unspecified atom stereocenters. The molecule has 1 aromatic heterocycles. The Morgan fingerprint density at radius 1 is 1.00 bits per heavy atom. The van der Waals surface area contributed by atoms with Gasteiger partial charge in [0.2, 0.25) is 5.89 Å². The second kappa shape index (κ2) is 7.75. The van der Waals surface area contributed by atoms with Gasteiger partial charge in [0.25, 0.3) is 5.91 Å². The van der Waals surface area contributed by atoms with Gasteiger partial charge in [0.05, 0.1) is 19.1 Å². The van der Waals surface area contributed by atoms with Crippen LogP contribution in [0.3, 0.4) is 0 Å². The van der Waals surface area contributed by atoms with Crippen molar-refractivity contribution in [3.05, 3.63) is 82.7 Å². The van der Waals surface area contributed by atoms with Crippen LogP contribution in [-0.2, 0) is 6.42 Å². The molecule has 6 nitrogen and oxygen atoms in total. The maximum Gasteiger partial charge on any atom is 0.322 e. The van der Waals surface area contributed by atoms with Crippen LogP contribution >= 0.6 is 0 Å². The van der Waals surface area contributed by atoms with E-state index in [0.717, 1.165) is 16.3 Å². The molecule has 146 valence electrons. The largest absolute Gasteiger partial charge is 0.496 e. The highest BCUT2D eigenvalue weighted by Crippen LogP contribution is 2.26. The van der Waals surface area contributed by atoms with E-state index in [1.165, 1.54) is 18.2 Å². The third-order valence-corrected chi connectivity index (χ3v) is 4.93. The van der Waals surface area contributed by atoms with E-state index in [2.05, 4.69) is 41.5 Å². The first-order chi connectivity index (χ1) is 14.0. The van der Waals surface area contributed by atoms with Crippen LogP contribution in [-0.4, -0.2) is 23.2 Å². The number of fused-ring (bicyclic) bond motifs is 1. The topological polar surface area (TPSA) is 77.2 Å². The minimum absolute atomic E-state index is 0.0593. The molecule has 0 atom stereocenters. The van der Waals surface area contributed by atoms with E-state index < -0.39 is 0 Å². The molecule has 0 bridgehead atoms. The van der Waals surface area contributed by atoms with Crippen molar-refractivity contribution in [1.82, 2.24) is 10.2 Å². The monoisotopic (exact) mass is 387 g/mol. The van der Waals surface area contributed by atoms with Gasteiger partial charge in [-0.05, 0) is 53.4 Å². The van der Waals surface area contributed by atoms with Crippen LogP contribution in [0.25, 0.3) is 10.8 Å². The molecule has 0 saturated carbocycles. The zero-order valence-corrected chi connectivity index (χ0v) is 16.5. The van der Waals surface area contributed by atoms with E-state index in [1.54, 1.807) is 6.07 Å². The Morgan fingerprint density at radius 2 is 1.76 bits per heavy atom. The van der Waals surface area contributed by atoms with E-state index in [-0.39, 0.29) is 11.9 Å². The fourth-order valence-corrected chi connectivity index (χ4v) is 3.19. The van der Waals surface area contributed by atoms with E-state index >= 15 is 0 Å². The van der Waals surface area contributed by atoms with Gasteiger partial charge in [-0.1, -0.05) is 47.6 Å². The van der Waals surface area contributed by atoms with Gasteiger partial charge in [0.15, 0.2) is 0 Å². The minimum atomic E-state index is -0.367. The lowest BCUT2D eigenvalue weighted by Gasteiger charge is -2.09. The molecule has 6 heteroatoms. The van der Waals surface area contributed by atoms with Gasteiger partial charge in [-0.15, -0.1) is 5.10 Å². The number of aryl methyl sites for hydroxylation is 2. The number of benzene rings is 3. The summed E-state index contributed by atoms with van der Waals surface area (Å²) >= 11 is 0. The summed E-state index contributed by atoms with van der Waals surface area (Å²) in [5.41, 5.74) is 3.92. The molecule has 1 amide bonds. The van der Waals surface area contributed by atoms with Gasteiger partial charge in [-0.25, -0.2) is 0 Å². The van der Waals surface area contributed by atoms with Crippen molar-refractivity contribution >= 4 is 22.7 Å². The van der Waals surface area contributed by atoms with Crippen LogP contribution in [0.15, 0.2) is 59.0 Å². The minimum Gasteiger partial charge on any atom is -0.496 e. The van der Waals surface area contributed by atoms with E-state index in [1.807, 2.05) is 36.4 Å². The number of nitrogens with zero attached hydrogens (tertiary/aromatic N) is 2. The number of carbonyl (C=O) groups excluding carboxylic acids is 1. The Labute approximate surface area is 168 Å². The summed E-state index contributed by atoms with van der Waals surface area (Å²) in [6.07, 6.45) is 0.503. The highest BCUT2D eigenvalue weighted by atomic mass is 16.5. The lowest BCUT2D eigenvalue weighted by Crippen LogP contribution is -2.13. The average Bonchev–Trinajstić information content (AvgIpc) is 3.16. The molecule has 0 radical (unpaired) electrons. The Morgan fingerprint density at radius 3 is 2.48 bits per heavy atom. The normalized spacial score (nSPS) is 10.9. The second-order valence-corrected chi connectivity index (χ2v) is 6.95. The van der Waals surface area contributed by atoms with Gasteiger partial charge in [0, 0.05) is 0 Å². The number of hydrogen-bond acceptors (Lipinski definition) is 5. The maximum absolute atomic E-state index is 12.8. The molecular formula is C23H21N3O3. The van der Waals surface area contributed by atoms with Gasteiger partial charge in [-0.2, -0.15) is 0 Å². The molecule has 1 heterocycles. The number of hydrogen-bond donors (Lipinski definition) is 1. The smallest absolute Gasteiger partial charge is 0.322 e. The predicted molar refractivity (Wildman–Crippen MR) is 111 cm³/mol. The summed E-state index contributed by atoms with van der Waals surface area (Å²) in [5.74, 6) is 0.555. The molecule has 0 aliphatic carbocycles. The number of anilines is 1. The Bertz CT molecular complexity index is 1200. The van der Waals surface area contributed by atoms with Crippen LogP contribution in [0.1, 0.15) is 32.9 Å². The summed E-state index contributed by atoms with van der Waals surface area (Å²) in [6.45, 7) is 4.13. The third-order valence-electron chi connectivity index (χ3n) is 4.93. The molecule has 0 fully saturated rings. The quantitative estimate of drug-likeness (QED) is 0.537. The highest BCUT2D eigenvalue weighted by molar-refractivity contribution is 6.07. The van der Waals surface area contributed by atoms with Crippen molar-refractivity contribution in [2.45, 2.75) is 20.3 Å². The Balaban J connectivity index is 1.53. The first-order valence-electron chi connectivity index (χ1n) is 9.30. The highest BCUT2D eigenvalue weighted by Gasteiger charge is 2.17. The van der Waals surface area contributed by atoms with Crippen molar-refractivity contribution in [2.75, 3.05) is 12.4 Å². The number of rotatable bonds is 5. The van der Waals surface area contributed by atoms with Gasteiger partial charge < -0.3 is 9.15 Å². The molecule has 29 heavy (non-hydrogen) atoms. The average molecular weight is 387 g/mol. The van der Waals surface area contributed by atoms with Crippen molar-refractivity contribution < 1.29 is 13.9 Å². The Kier molecular flexibility index (Phi) is 4.99. The maximum atomic E-state index is 12.8. The zero-order valence-electron chi connectivity index (χ0n) is 16.5. The molecule has 4 aromatic rings. The Hall–Kier alpha value is -3.67. The van der Waals surface area contributed by atoms with Crippen LogP contribution in [0, 0.1) is 13.8 Å². The van der Waals surface area contributed by atoms with Crippen LogP contribution in [0.4, 0.5) is 6.01 Å². The number of carbonyl (C=O) groups is 1. The van der Waals surface area contributed by atoms with Crippen molar-refractivity contribution in [3.63, 3.8) is 0 Å². The lowest BCUT2D eigenvalue weighted by molar-refractivity contribution is 0.102. The first-order valence-corrected chi connectivity index (χ1v) is 9.30. The molecule has 0 aliphatic rings. The number of nitrogens with one attached hydrogen (secondary N) is 1. The van der Waals surface area contributed by atoms with Crippen molar-refractivity contribution in [3.8, 4) is 5.75 Å². The molecule has 0 aliphatic heterocycles. The number of amides is 1. The van der Waals surface area contributed by atoms with Crippen LogP contribution in [0.5, 0.6) is 5.75 Å². The predicted octanol–water partition coefficient (Wildman–Crippen LogP) is 4.69. The van der Waals surface area contributed by atoms with E-state index in [0.29, 0.717) is 23.6 Å². The van der Waals surface area contributed by atoms with Gasteiger partial charge in [-0.3, -0.25) is 10.1 Å². The standard InChI is InChI=1S/C23H21N3O3/c1-14-8-9-16(10-15(14)2)11-21-25-26-23(29-21)24-22(27)19-12-17-6-4-5-7-18(17)13-20(19)28-3/h4-10,12-13H,11H2,1-3H3,(H,24,26,27). The van der Waals surface area contributed by atoms with Crippen molar-refractivity contribution in [2.24, 2.45) is 0 Å². The fraction of sp³-hybridized carbons (Fsp3) is 0.174. The van der Waals surface area contributed by atoms with Gasteiger partial charge >= 0.3 is 6.01 Å². The fourth-order valence-electron chi connectivity index (χ4n) is 3.19. The van der Waals surface area contributed by atoms with Crippen LogP contribution in [0.2, 0.25) is 0 Å². The third kappa shape index (κ3) is 3.96. The first kappa shape index (κ1) is 18.7. The zero-order chi connectivity index (χ0) is 20.4. The van der Waals surface area contributed by atoms with E-state index in [4.69, 9.17) is 9.15 Å². The molecule has 3 aromatic carbocycles. The van der Waals surface area contributed by atoms with Crippen molar-refractivity contribution in [1.29, 1.82) is 0 Å². The number of ether oxygens (including phenoxy) is 1. The lowest BCUT2D eigenvalue weighted by atomic mass is 10.0. The number of aromatic nitrogens is 2. The number of methoxy groups -OCH3 is 1. The molecule has 0 spiro atoms. The molecule has 4 rings (SSSR count). The summed E-state index contributed by atoms with van der Waals surface area (Å²) in [7, 11) is 1.54. The van der Waals surface area contributed by atoms with Gasteiger partial charge in [0.1, 0.15) is 5.75 Å². The molecule has 0 saturated heterocycles. The molecule has 1 N–H and O–H groups in total. The summed E-state index contributed by atoms with van der Waals surface area (Å²) < 4.78 is 11.0. The SMILES string of the molecule is COc1cc2ccccc2cc1C(=O)Nc1nnc(Cc2ccc(C)c(C)c2)o1. The second-order valence-electron chi connectivity index (χ2n) is 6.95. The van der Waals surface area contributed by atoms with Crippen LogP contribution < -0.4 is 10.1 Å². The summed E-state index contributed by atoms with van der Waals surface area (Å²) in [6, 6.07) is 17.7. The van der Waals surface area contributed by atoms with E-state index in [9.17, 15) is 4.79 Å².